The maximum Gasteiger partial charge on any atom is 0.416 e. The molecule has 2 heterocycles. The van der Waals surface area contributed by atoms with Crippen LogP contribution in [-0.4, -0.2) is 39.1 Å². The number of halogens is 3. The van der Waals surface area contributed by atoms with Gasteiger partial charge >= 0.3 is 6.18 Å². The highest BCUT2D eigenvalue weighted by atomic mass is 32.2. The van der Waals surface area contributed by atoms with Crippen LogP contribution in [0.25, 0.3) is 10.9 Å². The van der Waals surface area contributed by atoms with Crippen molar-refractivity contribution in [1.82, 2.24) is 10.3 Å². The van der Waals surface area contributed by atoms with Crippen molar-refractivity contribution < 1.29 is 21.6 Å². The van der Waals surface area contributed by atoms with Crippen molar-refractivity contribution >= 4 is 26.4 Å². The maximum atomic E-state index is 13.0. The number of benzene rings is 2. The molecule has 0 bridgehead atoms. The maximum absolute atomic E-state index is 13.0. The SMILES string of the molecule is C[C@H]1CN(c2ccc3ncc(S(=O)(=O)c4cccc(C(F)(F)F)c4)cc3c2)CCN1. The zero-order valence-corrected chi connectivity index (χ0v) is 17.0. The Balaban J connectivity index is 1.73. The molecule has 2 aromatic carbocycles. The molecule has 0 amide bonds. The van der Waals surface area contributed by atoms with Crippen molar-refractivity contribution in [2.24, 2.45) is 0 Å². The first-order valence-corrected chi connectivity index (χ1v) is 10.9. The Bertz CT molecular complexity index is 1200. The summed E-state index contributed by atoms with van der Waals surface area (Å²) in [7, 11) is -4.15. The van der Waals surface area contributed by atoms with Gasteiger partial charge in [-0.2, -0.15) is 13.2 Å². The molecule has 1 saturated heterocycles. The Hall–Kier alpha value is -2.65. The Morgan fingerprint density at radius 3 is 2.63 bits per heavy atom. The van der Waals surface area contributed by atoms with Crippen LogP contribution in [0.3, 0.4) is 0 Å². The molecular formula is C21H20F3N3O2S. The van der Waals surface area contributed by atoms with Crippen molar-refractivity contribution in [1.29, 1.82) is 0 Å². The first-order valence-electron chi connectivity index (χ1n) is 9.45. The molecular weight excluding hydrogens is 415 g/mol. The summed E-state index contributed by atoms with van der Waals surface area (Å²) in [5.41, 5.74) is 0.559. The highest BCUT2D eigenvalue weighted by Gasteiger charge is 2.32. The van der Waals surface area contributed by atoms with E-state index in [0.29, 0.717) is 23.0 Å². The van der Waals surface area contributed by atoms with Crippen LogP contribution < -0.4 is 10.2 Å². The van der Waals surface area contributed by atoms with E-state index in [2.05, 4.69) is 22.1 Å². The fraction of sp³-hybridized carbons (Fsp3) is 0.286. The topological polar surface area (TPSA) is 62.3 Å². The molecule has 5 nitrogen and oxygen atoms in total. The summed E-state index contributed by atoms with van der Waals surface area (Å²) in [5, 5.41) is 3.99. The van der Waals surface area contributed by atoms with Gasteiger partial charge in [-0.15, -0.1) is 0 Å². The third-order valence-electron chi connectivity index (χ3n) is 5.16. The van der Waals surface area contributed by atoms with Crippen LogP contribution in [0.2, 0.25) is 0 Å². The number of rotatable bonds is 3. The number of nitrogens with one attached hydrogen (secondary N) is 1. The largest absolute Gasteiger partial charge is 0.416 e. The van der Waals surface area contributed by atoms with E-state index < -0.39 is 26.5 Å². The monoisotopic (exact) mass is 435 g/mol. The van der Waals surface area contributed by atoms with Crippen molar-refractivity contribution in [2.45, 2.75) is 28.9 Å². The van der Waals surface area contributed by atoms with E-state index in [0.717, 1.165) is 43.5 Å². The lowest BCUT2D eigenvalue weighted by Gasteiger charge is -2.33. The fourth-order valence-corrected chi connectivity index (χ4v) is 4.87. The number of hydrogen-bond donors (Lipinski definition) is 1. The summed E-state index contributed by atoms with van der Waals surface area (Å²) in [6.45, 7) is 4.59. The van der Waals surface area contributed by atoms with Crippen LogP contribution in [0.5, 0.6) is 0 Å². The normalized spacial score (nSPS) is 18.0. The van der Waals surface area contributed by atoms with Crippen LogP contribution >= 0.6 is 0 Å². The first kappa shape index (κ1) is 20.6. The third kappa shape index (κ3) is 3.99. The first-order chi connectivity index (χ1) is 14.1. The van der Waals surface area contributed by atoms with Crippen LogP contribution in [-0.2, 0) is 16.0 Å². The summed E-state index contributed by atoms with van der Waals surface area (Å²) in [5.74, 6) is 0. The van der Waals surface area contributed by atoms with Crippen LogP contribution in [0.1, 0.15) is 12.5 Å². The number of nitrogens with zero attached hydrogens (tertiary/aromatic N) is 2. The Morgan fingerprint density at radius 2 is 1.90 bits per heavy atom. The summed E-state index contributed by atoms with van der Waals surface area (Å²) >= 11 is 0. The number of alkyl halides is 3. The van der Waals surface area contributed by atoms with Gasteiger partial charge in [-0.25, -0.2) is 8.42 Å². The molecule has 1 aliphatic heterocycles. The molecule has 0 spiro atoms. The van der Waals surface area contributed by atoms with E-state index >= 15 is 0 Å². The third-order valence-corrected chi connectivity index (χ3v) is 6.87. The van der Waals surface area contributed by atoms with Crippen molar-refractivity contribution in [3.8, 4) is 0 Å². The predicted molar refractivity (Wildman–Crippen MR) is 108 cm³/mol. The van der Waals surface area contributed by atoms with E-state index in [1.807, 2.05) is 18.2 Å². The van der Waals surface area contributed by atoms with Gasteiger partial charge < -0.3 is 10.2 Å². The van der Waals surface area contributed by atoms with E-state index in [9.17, 15) is 21.6 Å². The molecule has 9 heteroatoms. The summed E-state index contributed by atoms with van der Waals surface area (Å²) < 4.78 is 64.9. The molecule has 1 atom stereocenters. The smallest absolute Gasteiger partial charge is 0.369 e. The van der Waals surface area contributed by atoms with Gasteiger partial charge in [0.15, 0.2) is 0 Å². The highest BCUT2D eigenvalue weighted by molar-refractivity contribution is 7.91. The zero-order chi connectivity index (χ0) is 21.5. The van der Waals surface area contributed by atoms with Gasteiger partial charge in [-0.1, -0.05) is 6.07 Å². The van der Waals surface area contributed by atoms with Gasteiger partial charge in [0.2, 0.25) is 9.84 Å². The van der Waals surface area contributed by atoms with Crippen LogP contribution in [0.15, 0.2) is 64.5 Å². The second kappa shape index (κ2) is 7.55. The number of aromatic nitrogens is 1. The van der Waals surface area contributed by atoms with Crippen LogP contribution in [0, 0.1) is 0 Å². The van der Waals surface area contributed by atoms with Gasteiger partial charge in [0.1, 0.15) is 0 Å². The van der Waals surface area contributed by atoms with Crippen molar-refractivity contribution in [3.63, 3.8) is 0 Å². The lowest BCUT2D eigenvalue weighted by atomic mass is 10.1. The molecule has 4 rings (SSSR count). The minimum atomic E-state index is -4.62. The molecule has 158 valence electrons. The van der Waals surface area contributed by atoms with Gasteiger partial charge in [0.05, 0.1) is 20.9 Å². The van der Waals surface area contributed by atoms with E-state index in [1.165, 1.54) is 12.3 Å². The molecule has 0 unspecified atom stereocenters. The standard InChI is InChI=1S/C21H20F3N3O2S/c1-14-13-27(8-7-25-14)17-5-6-20-15(9-17)10-19(12-26-20)30(28,29)18-4-2-3-16(11-18)21(22,23)24/h2-6,9-12,14,25H,7-8,13H2,1H3/t14-/m0/s1. The van der Waals surface area contributed by atoms with E-state index in [1.54, 1.807) is 0 Å². The van der Waals surface area contributed by atoms with Gasteiger partial charge in [-0.05, 0) is 49.4 Å². The number of pyridine rings is 1. The van der Waals surface area contributed by atoms with Crippen molar-refractivity contribution in [2.75, 3.05) is 24.5 Å². The molecule has 0 radical (unpaired) electrons. The minimum absolute atomic E-state index is 0.139. The second-order valence-electron chi connectivity index (χ2n) is 7.38. The Kier molecular flexibility index (Phi) is 5.19. The average Bonchev–Trinajstić information content (AvgIpc) is 2.72. The molecule has 1 fully saturated rings. The molecule has 3 aromatic rings. The molecule has 30 heavy (non-hydrogen) atoms. The summed E-state index contributed by atoms with van der Waals surface area (Å²) in [4.78, 5) is 5.87. The molecule has 0 saturated carbocycles. The Labute approximate surface area is 172 Å². The quantitative estimate of drug-likeness (QED) is 0.677. The van der Waals surface area contributed by atoms with Gasteiger partial charge in [0.25, 0.3) is 0 Å². The lowest BCUT2D eigenvalue weighted by Crippen LogP contribution is -2.49. The van der Waals surface area contributed by atoms with E-state index in [-0.39, 0.29) is 4.90 Å². The molecule has 0 aliphatic carbocycles. The number of anilines is 1. The van der Waals surface area contributed by atoms with Gasteiger partial charge in [0, 0.05) is 42.9 Å². The number of piperazine rings is 1. The van der Waals surface area contributed by atoms with Gasteiger partial charge in [-0.3, -0.25) is 4.98 Å². The lowest BCUT2D eigenvalue weighted by molar-refractivity contribution is -0.137. The second-order valence-corrected chi connectivity index (χ2v) is 9.33. The van der Waals surface area contributed by atoms with E-state index in [4.69, 9.17) is 0 Å². The average molecular weight is 435 g/mol. The zero-order valence-electron chi connectivity index (χ0n) is 16.1. The minimum Gasteiger partial charge on any atom is -0.369 e. The molecule has 1 N–H and O–H groups in total. The van der Waals surface area contributed by atoms with Crippen LogP contribution in [0.4, 0.5) is 18.9 Å². The summed E-state index contributed by atoms with van der Waals surface area (Å²) in [6.07, 6.45) is -3.44. The van der Waals surface area contributed by atoms with Crippen molar-refractivity contribution in [3.05, 3.63) is 60.3 Å². The highest BCUT2D eigenvalue weighted by Crippen LogP contribution is 2.32. The fourth-order valence-electron chi connectivity index (χ4n) is 3.58. The predicted octanol–water partition coefficient (Wildman–Crippen LogP) is 3.88. The Morgan fingerprint density at radius 1 is 1.10 bits per heavy atom. The summed E-state index contributed by atoms with van der Waals surface area (Å²) in [6, 6.07) is 11.2. The number of hydrogen-bond acceptors (Lipinski definition) is 5. The molecule has 1 aromatic heterocycles. The number of fused-ring (bicyclic) bond motifs is 1. The molecule has 1 aliphatic rings. The number of sulfone groups is 1.